The Bertz CT molecular complexity index is 544. The standard InChI is InChI=1S/C11H10F4N4O2/c12-6-1-2-9(16-4-6)18-10(20)17-5-7-3-8(19-21-7)11(13,14)15/h1-2,4,7H,3,5H2,(H2,16,17,18,20). The second-order valence-electron chi connectivity index (χ2n) is 4.16. The van der Waals surface area contributed by atoms with E-state index in [0.29, 0.717) is 0 Å². The minimum Gasteiger partial charge on any atom is -0.390 e. The third-order valence-electron chi connectivity index (χ3n) is 2.52. The number of carbonyl (C=O) groups excluding carboxylic acids is 1. The molecule has 1 aromatic rings. The molecule has 1 aliphatic rings. The molecule has 0 aliphatic carbocycles. The number of urea groups is 1. The van der Waals surface area contributed by atoms with Crippen LogP contribution in [0.4, 0.5) is 28.2 Å². The van der Waals surface area contributed by atoms with E-state index in [2.05, 4.69) is 25.6 Å². The van der Waals surface area contributed by atoms with Crippen molar-refractivity contribution in [2.24, 2.45) is 5.16 Å². The van der Waals surface area contributed by atoms with E-state index in [4.69, 9.17) is 0 Å². The van der Waals surface area contributed by atoms with Gasteiger partial charge in [0.1, 0.15) is 11.6 Å². The van der Waals surface area contributed by atoms with Crippen molar-refractivity contribution >= 4 is 17.6 Å². The Kier molecular flexibility index (Phi) is 4.24. The zero-order valence-electron chi connectivity index (χ0n) is 10.4. The summed E-state index contributed by atoms with van der Waals surface area (Å²) in [4.78, 5) is 19.6. The summed E-state index contributed by atoms with van der Waals surface area (Å²) in [5.41, 5.74) is -1.02. The summed E-state index contributed by atoms with van der Waals surface area (Å²) >= 11 is 0. The van der Waals surface area contributed by atoms with Crippen LogP contribution in [0, 0.1) is 5.82 Å². The van der Waals surface area contributed by atoms with Gasteiger partial charge in [-0.1, -0.05) is 5.16 Å². The summed E-state index contributed by atoms with van der Waals surface area (Å²) in [5.74, 6) is -0.453. The molecule has 0 aromatic carbocycles. The maximum atomic E-state index is 12.6. The molecule has 0 bridgehead atoms. The zero-order valence-corrected chi connectivity index (χ0v) is 10.4. The molecule has 0 radical (unpaired) electrons. The molecule has 1 aromatic heterocycles. The number of rotatable bonds is 3. The van der Waals surface area contributed by atoms with Crippen LogP contribution in [0.5, 0.6) is 0 Å². The zero-order chi connectivity index (χ0) is 15.5. The van der Waals surface area contributed by atoms with Crippen molar-refractivity contribution in [1.29, 1.82) is 0 Å². The number of halogens is 4. The number of amides is 2. The average Bonchev–Trinajstić information content (AvgIpc) is 2.88. The fourth-order valence-corrected chi connectivity index (χ4v) is 1.52. The number of hydrogen-bond acceptors (Lipinski definition) is 4. The van der Waals surface area contributed by atoms with Gasteiger partial charge in [0.25, 0.3) is 0 Å². The van der Waals surface area contributed by atoms with E-state index < -0.39 is 36.3 Å². The number of oxime groups is 1. The second kappa shape index (κ2) is 5.94. The molecule has 21 heavy (non-hydrogen) atoms. The Labute approximate surface area is 116 Å². The van der Waals surface area contributed by atoms with Gasteiger partial charge in [0.05, 0.1) is 12.7 Å². The Morgan fingerprint density at radius 2 is 2.19 bits per heavy atom. The van der Waals surface area contributed by atoms with E-state index in [1.165, 1.54) is 6.07 Å². The van der Waals surface area contributed by atoms with Crippen molar-refractivity contribution < 1.29 is 27.2 Å². The van der Waals surface area contributed by atoms with Crippen molar-refractivity contribution in [1.82, 2.24) is 10.3 Å². The summed E-state index contributed by atoms with van der Waals surface area (Å²) in [6, 6.07) is 1.65. The van der Waals surface area contributed by atoms with Gasteiger partial charge >= 0.3 is 12.2 Å². The predicted octanol–water partition coefficient (Wildman–Crippen LogP) is 2.05. The summed E-state index contributed by atoms with van der Waals surface area (Å²) in [7, 11) is 0. The minimum absolute atomic E-state index is 0.105. The van der Waals surface area contributed by atoms with Gasteiger partial charge in [0, 0.05) is 6.42 Å². The molecular weight excluding hydrogens is 296 g/mol. The first-order valence-corrected chi connectivity index (χ1v) is 5.81. The van der Waals surface area contributed by atoms with E-state index in [1.807, 2.05) is 0 Å². The molecule has 0 spiro atoms. The van der Waals surface area contributed by atoms with Gasteiger partial charge in [0.2, 0.25) is 0 Å². The smallest absolute Gasteiger partial charge is 0.390 e. The third-order valence-corrected chi connectivity index (χ3v) is 2.52. The van der Waals surface area contributed by atoms with Crippen LogP contribution < -0.4 is 10.6 Å². The van der Waals surface area contributed by atoms with E-state index >= 15 is 0 Å². The fraction of sp³-hybridized carbons (Fsp3) is 0.364. The van der Waals surface area contributed by atoms with Crippen LogP contribution in [0.1, 0.15) is 6.42 Å². The maximum Gasteiger partial charge on any atom is 0.432 e. The molecule has 1 atom stereocenters. The van der Waals surface area contributed by atoms with Crippen LogP contribution in [0.25, 0.3) is 0 Å². The predicted molar refractivity (Wildman–Crippen MR) is 64.2 cm³/mol. The highest BCUT2D eigenvalue weighted by atomic mass is 19.4. The SMILES string of the molecule is O=C(NCC1CC(C(F)(F)F)=NO1)Nc1ccc(F)cn1. The largest absolute Gasteiger partial charge is 0.432 e. The van der Waals surface area contributed by atoms with E-state index in [1.54, 1.807) is 0 Å². The van der Waals surface area contributed by atoms with Gasteiger partial charge in [-0.15, -0.1) is 0 Å². The minimum atomic E-state index is -4.53. The number of pyridine rings is 1. The van der Waals surface area contributed by atoms with Gasteiger partial charge in [-0.05, 0) is 12.1 Å². The fourth-order valence-electron chi connectivity index (χ4n) is 1.52. The van der Waals surface area contributed by atoms with Crippen molar-refractivity contribution in [3.8, 4) is 0 Å². The number of nitrogens with zero attached hydrogens (tertiary/aromatic N) is 2. The summed E-state index contributed by atoms with van der Waals surface area (Å²) in [6.45, 7) is -0.157. The molecule has 2 N–H and O–H groups in total. The van der Waals surface area contributed by atoms with Crippen molar-refractivity contribution in [3.63, 3.8) is 0 Å². The number of anilines is 1. The number of nitrogens with one attached hydrogen (secondary N) is 2. The number of alkyl halides is 3. The lowest BCUT2D eigenvalue weighted by Crippen LogP contribution is -2.36. The molecule has 10 heteroatoms. The van der Waals surface area contributed by atoms with Gasteiger partial charge in [-0.2, -0.15) is 13.2 Å². The van der Waals surface area contributed by atoms with Gasteiger partial charge in [-0.3, -0.25) is 5.32 Å². The number of hydrogen-bond donors (Lipinski definition) is 2. The van der Waals surface area contributed by atoms with Crippen LogP contribution in [0.2, 0.25) is 0 Å². The maximum absolute atomic E-state index is 12.6. The van der Waals surface area contributed by atoms with Crippen LogP contribution >= 0.6 is 0 Å². The Balaban J connectivity index is 1.74. The highest BCUT2D eigenvalue weighted by Gasteiger charge is 2.41. The molecule has 1 aliphatic heterocycles. The molecule has 0 saturated heterocycles. The highest BCUT2D eigenvalue weighted by Crippen LogP contribution is 2.25. The summed E-state index contributed by atoms with van der Waals surface area (Å²) < 4.78 is 49.5. The molecule has 6 nitrogen and oxygen atoms in total. The lowest BCUT2D eigenvalue weighted by atomic mass is 10.2. The normalized spacial score (nSPS) is 17.9. The quantitative estimate of drug-likeness (QED) is 0.839. The van der Waals surface area contributed by atoms with Crippen LogP contribution in [-0.2, 0) is 4.84 Å². The summed E-state index contributed by atoms with van der Waals surface area (Å²) in [5, 5.41) is 7.53. The molecule has 0 fully saturated rings. The van der Waals surface area contributed by atoms with Gasteiger partial charge in [-0.25, -0.2) is 14.2 Å². The number of aromatic nitrogens is 1. The van der Waals surface area contributed by atoms with E-state index in [9.17, 15) is 22.4 Å². The molecule has 2 rings (SSSR count). The van der Waals surface area contributed by atoms with Crippen LogP contribution in [0.3, 0.4) is 0 Å². The van der Waals surface area contributed by atoms with E-state index in [0.717, 1.165) is 12.3 Å². The number of carbonyl (C=O) groups is 1. The molecule has 114 valence electrons. The van der Waals surface area contributed by atoms with Gasteiger partial charge in [0.15, 0.2) is 11.8 Å². The van der Waals surface area contributed by atoms with Crippen molar-refractivity contribution in [2.45, 2.75) is 18.7 Å². The van der Waals surface area contributed by atoms with E-state index in [-0.39, 0.29) is 12.4 Å². The Morgan fingerprint density at radius 1 is 1.43 bits per heavy atom. The molecule has 1 unspecified atom stereocenters. The van der Waals surface area contributed by atoms with Gasteiger partial charge < -0.3 is 10.2 Å². The first-order valence-electron chi connectivity index (χ1n) is 5.81. The van der Waals surface area contributed by atoms with Crippen LogP contribution in [-0.4, -0.2) is 35.6 Å². The monoisotopic (exact) mass is 306 g/mol. The molecular formula is C11H10F4N4O2. The van der Waals surface area contributed by atoms with Crippen LogP contribution in [0.15, 0.2) is 23.5 Å². The topological polar surface area (TPSA) is 75.6 Å². The Morgan fingerprint density at radius 3 is 2.76 bits per heavy atom. The first kappa shape index (κ1) is 15.0. The molecule has 0 saturated carbocycles. The highest BCUT2D eigenvalue weighted by molar-refractivity contribution is 5.91. The molecule has 2 heterocycles. The molecule has 2 amide bonds. The summed E-state index contributed by atoms with van der Waals surface area (Å²) in [6.07, 6.45) is -4.93. The van der Waals surface area contributed by atoms with Crippen molar-refractivity contribution in [3.05, 3.63) is 24.1 Å². The lowest BCUT2D eigenvalue weighted by molar-refractivity contribution is -0.0604. The van der Waals surface area contributed by atoms with Crippen molar-refractivity contribution in [2.75, 3.05) is 11.9 Å². The lowest BCUT2D eigenvalue weighted by Gasteiger charge is -2.10. The third kappa shape index (κ3) is 4.29. The second-order valence-corrected chi connectivity index (χ2v) is 4.16. The first-order chi connectivity index (χ1) is 9.84. The average molecular weight is 306 g/mol. The Hall–Kier alpha value is -2.39.